The van der Waals surface area contributed by atoms with Crippen LogP contribution in [0.5, 0.6) is 17.2 Å². The molecule has 0 saturated carbocycles. The normalized spacial score (nSPS) is 15.4. The Hall–Kier alpha value is -4.35. The maximum Gasteiger partial charge on any atom is 0.343 e. The third-order valence-corrected chi connectivity index (χ3v) is 6.71. The van der Waals surface area contributed by atoms with Gasteiger partial charge in [-0.1, -0.05) is 23.7 Å². The summed E-state index contributed by atoms with van der Waals surface area (Å²) in [6, 6.07) is 14.6. The minimum absolute atomic E-state index is 0.0188. The topological polar surface area (TPSA) is 125 Å². The van der Waals surface area contributed by atoms with Gasteiger partial charge in [-0.2, -0.15) is 0 Å². The molecule has 3 aromatic carbocycles. The number of fused-ring (bicyclic) bond motifs is 1. The molecule has 0 bridgehead atoms. The van der Waals surface area contributed by atoms with Gasteiger partial charge in [-0.25, -0.2) is 4.79 Å². The Morgan fingerprint density at radius 1 is 1.08 bits per heavy atom. The maximum absolute atomic E-state index is 12.9. The van der Waals surface area contributed by atoms with Gasteiger partial charge in [0, 0.05) is 23.2 Å². The molecule has 1 fully saturated rings. The average molecular weight is 539 g/mol. The van der Waals surface area contributed by atoms with E-state index in [1.807, 2.05) is 0 Å². The number of imide groups is 1. The van der Waals surface area contributed by atoms with Crippen LogP contribution in [-0.4, -0.2) is 33.7 Å². The van der Waals surface area contributed by atoms with Crippen molar-refractivity contribution in [3.05, 3.63) is 97.4 Å². The van der Waals surface area contributed by atoms with E-state index >= 15 is 0 Å². The van der Waals surface area contributed by atoms with Gasteiger partial charge in [-0.05, 0) is 59.3 Å². The molecule has 3 aromatic rings. The maximum atomic E-state index is 12.9. The van der Waals surface area contributed by atoms with Gasteiger partial charge in [0.1, 0.15) is 5.75 Å². The summed E-state index contributed by atoms with van der Waals surface area (Å²) in [4.78, 5) is 49.3. The van der Waals surface area contributed by atoms with Crippen molar-refractivity contribution < 1.29 is 33.5 Å². The lowest BCUT2D eigenvalue weighted by Gasteiger charge is -2.14. The fourth-order valence-corrected chi connectivity index (χ4v) is 4.61. The average Bonchev–Trinajstić information content (AvgIpc) is 3.44. The molecule has 0 aliphatic carbocycles. The van der Waals surface area contributed by atoms with E-state index in [4.69, 9.17) is 25.8 Å². The number of halogens is 1. The first-order valence-electron chi connectivity index (χ1n) is 10.7. The number of hydrogen-bond donors (Lipinski definition) is 0. The SMILES string of the molecule is O=C(Oc1ccc(/C=C2\SC(=O)N(Cc3cc4c(cc3Cl)OCO4)C2=O)cc1)c1ccc([N+](=O)[O-])cc1. The second-order valence-electron chi connectivity index (χ2n) is 7.83. The molecule has 37 heavy (non-hydrogen) atoms. The number of carbonyl (C=O) groups excluding carboxylic acids is 3. The molecule has 12 heteroatoms. The number of rotatable bonds is 6. The van der Waals surface area contributed by atoms with Crippen molar-refractivity contribution in [3.8, 4) is 17.2 Å². The van der Waals surface area contributed by atoms with Crippen molar-refractivity contribution in [2.45, 2.75) is 6.54 Å². The van der Waals surface area contributed by atoms with Gasteiger partial charge in [-0.15, -0.1) is 0 Å². The lowest BCUT2D eigenvalue weighted by molar-refractivity contribution is -0.384. The van der Waals surface area contributed by atoms with Crippen LogP contribution in [0.25, 0.3) is 6.08 Å². The zero-order valence-corrected chi connectivity index (χ0v) is 20.3. The standard InChI is InChI=1S/C25H15ClN2O8S/c26-19-11-21-20(34-13-35-21)10-16(19)12-27-23(29)22(37-25(27)31)9-14-1-7-18(8-2-14)36-24(30)15-3-5-17(6-4-15)28(32)33/h1-11H,12-13H2/b22-9-. The van der Waals surface area contributed by atoms with Crippen LogP contribution in [0.15, 0.2) is 65.6 Å². The molecule has 0 spiro atoms. The molecule has 2 amide bonds. The van der Waals surface area contributed by atoms with Crippen LogP contribution in [0.1, 0.15) is 21.5 Å². The molecule has 186 valence electrons. The summed E-state index contributed by atoms with van der Waals surface area (Å²) in [5.41, 5.74) is 1.19. The first kappa shape index (κ1) is 24.3. The van der Waals surface area contributed by atoms with Crippen molar-refractivity contribution in [2.24, 2.45) is 0 Å². The van der Waals surface area contributed by atoms with Gasteiger partial charge in [0.25, 0.3) is 16.8 Å². The van der Waals surface area contributed by atoms with Crippen molar-refractivity contribution in [1.82, 2.24) is 4.90 Å². The molecule has 5 rings (SSSR count). The Morgan fingerprint density at radius 3 is 2.43 bits per heavy atom. The Labute approximate surface area is 218 Å². The van der Waals surface area contributed by atoms with Crippen LogP contribution in [0.4, 0.5) is 10.5 Å². The van der Waals surface area contributed by atoms with E-state index in [9.17, 15) is 24.5 Å². The summed E-state index contributed by atoms with van der Waals surface area (Å²) in [6.07, 6.45) is 1.56. The van der Waals surface area contributed by atoms with Crippen molar-refractivity contribution >= 4 is 52.2 Å². The number of amides is 2. The van der Waals surface area contributed by atoms with Crippen LogP contribution in [0, 0.1) is 10.1 Å². The van der Waals surface area contributed by atoms with Crippen molar-refractivity contribution in [2.75, 3.05) is 6.79 Å². The van der Waals surface area contributed by atoms with Gasteiger partial charge in [-0.3, -0.25) is 24.6 Å². The zero-order valence-electron chi connectivity index (χ0n) is 18.7. The summed E-state index contributed by atoms with van der Waals surface area (Å²) >= 11 is 7.10. The Kier molecular flexibility index (Phi) is 6.55. The molecule has 10 nitrogen and oxygen atoms in total. The van der Waals surface area contributed by atoms with Gasteiger partial charge in [0.15, 0.2) is 11.5 Å². The minimum atomic E-state index is -0.675. The lowest BCUT2D eigenvalue weighted by atomic mass is 10.1. The molecule has 2 aliphatic rings. The summed E-state index contributed by atoms with van der Waals surface area (Å²) in [6.45, 7) is 0.0590. The van der Waals surface area contributed by atoms with E-state index < -0.39 is 22.0 Å². The smallest absolute Gasteiger partial charge is 0.343 e. The Balaban J connectivity index is 1.25. The highest BCUT2D eigenvalue weighted by molar-refractivity contribution is 8.18. The van der Waals surface area contributed by atoms with Gasteiger partial charge >= 0.3 is 5.97 Å². The molecule has 0 N–H and O–H groups in total. The van der Waals surface area contributed by atoms with E-state index in [1.165, 1.54) is 36.4 Å². The number of benzene rings is 3. The molecule has 0 aromatic heterocycles. The van der Waals surface area contributed by atoms with E-state index in [2.05, 4.69) is 0 Å². The molecule has 2 heterocycles. The van der Waals surface area contributed by atoms with Crippen LogP contribution in [0.2, 0.25) is 5.02 Å². The predicted octanol–water partition coefficient (Wildman–Crippen LogP) is 5.43. The largest absolute Gasteiger partial charge is 0.454 e. The van der Waals surface area contributed by atoms with Gasteiger partial charge < -0.3 is 14.2 Å². The number of carbonyl (C=O) groups is 3. The molecule has 0 radical (unpaired) electrons. The third kappa shape index (κ3) is 5.13. The van der Waals surface area contributed by atoms with Gasteiger partial charge in [0.2, 0.25) is 6.79 Å². The highest BCUT2D eigenvalue weighted by Crippen LogP contribution is 2.39. The molecular formula is C25H15ClN2O8S. The lowest BCUT2D eigenvalue weighted by Crippen LogP contribution is -2.27. The second kappa shape index (κ2) is 9.96. The monoisotopic (exact) mass is 538 g/mol. The minimum Gasteiger partial charge on any atom is -0.454 e. The number of nitro benzene ring substituents is 1. The highest BCUT2D eigenvalue weighted by Gasteiger charge is 2.35. The number of thioether (sulfide) groups is 1. The number of nitro groups is 1. The first-order chi connectivity index (χ1) is 17.8. The van der Waals surface area contributed by atoms with Gasteiger partial charge in [0.05, 0.1) is 21.9 Å². The van der Waals surface area contributed by atoms with E-state index in [0.29, 0.717) is 27.6 Å². The van der Waals surface area contributed by atoms with E-state index in [1.54, 1.807) is 30.3 Å². The summed E-state index contributed by atoms with van der Waals surface area (Å²) < 4.78 is 15.9. The number of ether oxygens (including phenoxy) is 3. The molecule has 2 aliphatic heterocycles. The van der Waals surface area contributed by atoms with E-state index in [0.717, 1.165) is 16.7 Å². The van der Waals surface area contributed by atoms with Crippen LogP contribution < -0.4 is 14.2 Å². The number of non-ortho nitro benzene ring substituents is 1. The molecule has 0 unspecified atom stereocenters. The summed E-state index contributed by atoms with van der Waals surface area (Å²) in [5, 5.41) is 10.7. The zero-order chi connectivity index (χ0) is 26.1. The predicted molar refractivity (Wildman–Crippen MR) is 134 cm³/mol. The molecular weight excluding hydrogens is 524 g/mol. The van der Waals surface area contributed by atoms with Crippen LogP contribution in [-0.2, 0) is 11.3 Å². The van der Waals surface area contributed by atoms with Crippen molar-refractivity contribution in [1.29, 1.82) is 0 Å². The number of nitrogens with zero attached hydrogens (tertiary/aromatic N) is 2. The Morgan fingerprint density at radius 2 is 1.76 bits per heavy atom. The summed E-state index contributed by atoms with van der Waals surface area (Å²) in [5.74, 6) is 0.107. The number of hydrogen-bond acceptors (Lipinski definition) is 9. The van der Waals surface area contributed by atoms with Crippen LogP contribution >= 0.6 is 23.4 Å². The number of esters is 1. The molecule has 1 saturated heterocycles. The van der Waals surface area contributed by atoms with Crippen molar-refractivity contribution in [3.63, 3.8) is 0 Å². The van der Waals surface area contributed by atoms with Crippen LogP contribution in [0.3, 0.4) is 0 Å². The first-order valence-corrected chi connectivity index (χ1v) is 11.9. The highest BCUT2D eigenvalue weighted by atomic mass is 35.5. The fraction of sp³-hybridized carbons (Fsp3) is 0.0800. The van der Waals surface area contributed by atoms with E-state index in [-0.39, 0.29) is 35.2 Å². The Bertz CT molecular complexity index is 1470. The summed E-state index contributed by atoms with van der Waals surface area (Å²) in [7, 11) is 0. The third-order valence-electron chi connectivity index (χ3n) is 5.45. The fourth-order valence-electron chi connectivity index (χ4n) is 3.56. The quantitative estimate of drug-likeness (QED) is 0.133. The second-order valence-corrected chi connectivity index (χ2v) is 9.23. The molecule has 0 atom stereocenters.